The van der Waals surface area contributed by atoms with Gasteiger partial charge in [-0.25, -0.2) is 0 Å². The molecule has 1 saturated carbocycles. The molecule has 0 aromatic heterocycles. The van der Waals surface area contributed by atoms with E-state index in [0.717, 1.165) is 12.6 Å². The summed E-state index contributed by atoms with van der Waals surface area (Å²) in [7, 11) is 2.04. The third kappa shape index (κ3) is 3.30. The number of nitrogens with zero attached hydrogens (tertiary/aromatic N) is 1. The predicted molar refractivity (Wildman–Crippen MR) is 83.8 cm³/mol. The molecular weight excluding hydrogens is 232 g/mol. The molecule has 0 radical (unpaired) electrons. The minimum absolute atomic E-state index is 0.411. The second kappa shape index (κ2) is 6.95. The first kappa shape index (κ1) is 14.4. The number of rotatable bonds is 5. The molecule has 2 nitrogen and oxygen atoms in total. The van der Waals surface area contributed by atoms with Crippen LogP contribution in [-0.2, 0) is 0 Å². The van der Waals surface area contributed by atoms with Gasteiger partial charge in [0.15, 0.2) is 0 Å². The maximum absolute atomic E-state index is 3.38. The van der Waals surface area contributed by atoms with Gasteiger partial charge in [0.25, 0.3) is 0 Å². The van der Waals surface area contributed by atoms with E-state index in [2.05, 4.69) is 48.3 Å². The minimum Gasteiger partial charge on any atom is -0.369 e. The van der Waals surface area contributed by atoms with Crippen LogP contribution in [0.3, 0.4) is 0 Å². The van der Waals surface area contributed by atoms with Crippen molar-refractivity contribution in [3.8, 4) is 0 Å². The molecule has 1 aliphatic carbocycles. The zero-order chi connectivity index (χ0) is 13.7. The lowest BCUT2D eigenvalue weighted by Crippen LogP contribution is -2.37. The molecular formula is C17H28N2. The van der Waals surface area contributed by atoms with Gasteiger partial charge in [-0.05, 0) is 45.4 Å². The van der Waals surface area contributed by atoms with Crippen LogP contribution in [0.15, 0.2) is 24.3 Å². The molecule has 2 heteroatoms. The molecule has 1 aliphatic rings. The van der Waals surface area contributed by atoms with E-state index in [1.807, 2.05) is 7.05 Å². The van der Waals surface area contributed by atoms with Gasteiger partial charge in [-0.1, -0.05) is 37.5 Å². The van der Waals surface area contributed by atoms with E-state index in [1.165, 1.54) is 43.4 Å². The minimum atomic E-state index is 0.411. The molecule has 19 heavy (non-hydrogen) atoms. The van der Waals surface area contributed by atoms with Crippen molar-refractivity contribution in [2.45, 2.75) is 58.0 Å². The Morgan fingerprint density at radius 2 is 1.89 bits per heavy atom. The molecule has 0 spiro atoms. The Hall–Kier alpha value is -1.02. The summed E-state index contributed by atoms with van der Waals surface area (Å²) in [6.45, 7) is 5.64. The van der Waals surface area contributed by atoms with E-state index in [4.69, 9.17) is 0 Å². The highest BCUT2D eigenvalue weighted by molar-refractivity contribution is 5.55. The zero-order valence-corrected chi connectivity index (χ0v) is 12.7. The SMILES string of the molecule is CCN(c1ccccc1C(C)NC)C1CCCCC1. The van der Waals surface area contributed by atoms with Crippen LogP contribution in [0.2, 0.25) is 0 Å². The summed E-state index contributed by atoms with van der Waals surface area (Å²) in [5.74, 6) is 0. The van der Waals surface area contributed by atoms with Gasteiger partial charge in [-0.15, -0.1) is 0 Å². The van der Waals surface area contributed by atoms with Gasteiger partial charge in [0.2, 0.25) is 0 Å². The van der Waals surface area contributed by atoms with E-state index in [0.29, 0.717) is 6.04 Å². The van der Waals surface area contributed by atoms with Crippen LogP contribution in [0.5, 0.6) is 0 Å². The number of hydrogen-bond acceptors (Lipinski definition) is 2. The van der Waals surface area contributed by atoms with E-state index >= 15 is 0 Å². The van der Waals surface area contributed by atoms with Gasteiger partial charge in [0, 0.05) is 24.3 Å². The molecule has 0 saturated heterocycles. The van der Waals surface area contributed by atoms with Crippen molar-refractivity contribution in [3.05, 3.63) is 29.8 Å². The highest BCUT2D eigenvalue weighted by Crippen LogP contribution is 2.32. The molecule has 0 heterocycles. The normalized spacial score (nSPS) is 18.3. The Morgan fingerprint density at radius 3 is 2.53 bits per heavy atom. The standard InChI is InChI=1S/C17H28N2/c1-4-19(15-10-6-5-7-11-15)17-13-9-8-12-16(17)14(2)18-3/h8-9,12-15,18H,4-7,10-11H2,1-3H3. The Balaban J connectivity index is 2.26. The lowest BCUT2D eigenvalue weighted by atomic mass is 9.93. The fraction of sp³-hybridized carbons (Fsp3) is 0.647. The summed E-state index contributed by atoms with van der Waals surface area (Å²) in [5.41, 5.74) is 2.86. The second-order valence-electron chi connectivity index (χ2n) is 5.65. The summed E-state index contributed by atoms with van der Waals surface area (Å²) >= 11 is 0. The van der Waals surface area contributed by atoms with Gasteiger partial charge in [0.05, 0.1) is 0 Å². The smallest absolute Gasteiger partial charge is 0.0417 e. The molecule has 1 aromatic carbocycles. The van der Waals surface area contributed by atoms with Gasteiger partial charge >= 0.3 is 0 Å². The fourth-order valence-electron chi connectivity index (χ4n) is 3.29. The number of hydrogen-bond donors (Lipinski definition) is 1. The zero-order valence-electron chi connectivity index (χ0n) is 12.7. The van der Waals surface area contributed by atoms with Crippen molar-refractivity contribution in [3.63, 3.8) is 0 Å². The summed E-state index contributed by atoms with van der Waals surface area (Å²) in [6, 6.07) is 10.0. The predicted octanol–water partition coefficient (Wildman–Crippen LogP) is 4.13. The van der Waals surface area contributed by atoms with Crippen molar-refractivity contribution in [1.82, 2.24) is 5.32 Å². The lowest BCUT2D eigenvalue weighted by Gasteiger charge is -2.37. The third-order valence-corrected chi connectivity index (χ3v) is 4.50. The molecule has 1 unspecified atom stereocenters. The number of benzene rings is 1. The molecule has 0 aliphatic heterocycles. The summed E-state index contributed by atoms with van der Waals surface area (Å²) in [5, 5.41) is 3.38. The second-order valence-corrected chi connectivity index (χ2v) is 5.65. The van der Waals surface area contributed by atoms with E-state index in [9.17, 15) is 0 Å². The first-order chi connectivity index (χ1) is 9.27. The van der Waals surface area contributed by atoms with E-state index in [-0.39, 0.29) is 0 Å². The Bertz CT molecular complexity index is 383. The lowest BCUT2D eigenvalue weighted by molar-refractivity contribution is 0.417. The number of anilines is 1. The van der Waals surface area contributed by atoms with Crippen molar-refractivity contribution in [1.29, 1.82) is 0 Å². The Kier molecular flexibility index (Phi) is 5.26. The third-order valence-electron chi connectivity index (χ3n) is 4.50. The molecule has 106 valence electrons. The van der Waals surface area contributed by atoms with Crippen molar-refractivity contribution < 1.29 is 0 Å². The quantitative estimate of drug-likeness (QED) is 0.856. The maximum atomic E-state index is 3.38. The number of nitrogens with one attached hydrogen (secondary N) is 1. The van der Waals surface area contributed by atoms with Gasteiger partial charge in [-0.2, -0.15) is 0 Å². The summed E-state index contributed by atoms with van der Waals surface area (Å²) in [6.07, 6.45) is 6.92. The van der Waals surface area contributed by atoms with E-state index in [1.54, 1.807) is 0 Å². The first-order valence-electron chi connectivity index (χ1n) is 7.80. The van der Waals surface area contributed by atoms with Crippen molar-refractivity contribution in [2.24, 2.45) is 0 Å². The van der Waals surface area contributed by atoms with Crippen LogP contribution >= 0.6 is 0 Å². The topological polar surface area (TPSA) is 15.3 Å². The van der Waals surface area contributed by atoms with Crippen molar-refractivity contribution in [2.75, 3.05) is 18.5 Å². The van der Waals surface area contributed by atoms with Crippen LogP contribution in [0.4, 0.5) is 5.69 Å². The van der Waals surface area contributed by atoms with Gasteiger partial charge in [0.1, 0.15) is 0 Å². The summed E-state index contributed by atoms with van der Waals surface area (Å²) < 4.78 is 0. The van der Waals surface area contributed by atoms with E-state index < -0.39 is 0 Å². The first-order valence-corrected chi connectivity index (χ1v) is 7.80. The highest BCUT2D eigenvalue weighted by atomic mass is 15.2. The molecule has 2 rings (SSSR count). The van der Waals surface area contributed by atoms with Crippen molar-refractivity contribution >= 4 is 5.69 Å². The largest absolute Gasteiger partial charge is 0.369 e. The monoisotopic (exact) mass is 260 g/mol. The van der Waals surface area contributed by atoms with Crippen LogP contribution < -0.4 is 10.2 Å². The van der Waals surface area contributed by atoms with Gasteiger partial charge in [-0.3, -0.25) is 0 Å². The molecule has 1 atom stereocenters. The van der Waals surface area contributed by atoms with Gasteiger partial charge < -0.3 is 10.2 Å². The molecule has 1 fully saturated rings. The van der Waals surface area contributed by atoms with Crippen LogP contribution in [0, 0.1) is 0 Å². The Labute approximate surface area is 118 Å². The van der Waals surface area contributed by atoms with Crippen LogP contribution in [0.1, 0.15) is 57.6 Å². The highest BCUT2D eigenvalue weighted by Gasteiger charge is 2.22. The molecule has 1 aromatic rings. The van der Waals surface area contributed by atoms with Crippen LogP contribution in [0.25, 0.3) is 0 Å². The molecule has 1 N–H and O–H groups in total. The fourth-order valence-corrected chi connectivity index (χ4v) is 3.29. The molecule has 0 amide bonds. The average Bonchev–Trinajstić information content (AvgIpc) is 2.49. The Morgan fingerprint density at radius 1 is 1.21 bits per heavy atom. The average molecular weight is 260 g/mol. The maximum Gasteiger partial charge on any atom is 0.0417 e. The number of para-hydroxylation sites is 1. The molecule has 0 bridgehead atoms. The summed E-state index contributed by atoms with van der Waals surface area (Å²) in [4.78, 5) is 2.63. The van der Waals surface area contributed by atoms with Crippen LogP contribution in [-0.4, -0.2) is 19.6 Å².